The second-order valence-corrected chi connectivity index (χ2v) is 10.1. The molecule has 204 valence electrons. The Labute approximate surface area is 232 Å². The smallest absolute Gasteiger partial charge is 0.252 e. The van der Waals surface area contributed by atoms with Crippen LogP contribution in [0, 0.1) is 0 Å². The zero-order valence-corrected chi connectivity index (χ0v) is 22.7. The van der Waals surface area contributed by atoms with Crippen molar-refractivity contribution in [3.63, 3.8) is 0 Å². The van der Waals surface area contributed by atoms with Crippen LogP contribution in [0.25, 0.3) is 10.9 Å². The number of nitrogens with zero attached hydrogens (tertiary/aromatic N) is 5. The number of pyridine rings is 1. The average Bonchev–Trinajstić information content (AvgIpc) is 3.63. The lowest BCUT2D eigenvalue weighted by molar-refractivity contribution is 0.161. The van der Waals surface area contributed by atoms with Gasteiger partial charge in [-0.2, -0.15) is 0 Å². The highest BCUT2D eigenvalue weighted by Crippen LogP contribution is 2.34. The summed E-state index contributed by atoms with van der Waals surface area (Å²) in [5, 5.41) is 13.9. The quantitative estimate of drug-likeness (QED) is 0.268. The molecule has 0 saturated heterocycles. The summed E-state index contributed by atoms with van der Waals surface area (Å²) in [5.41, 5.74) is 4.84. The molecule has 40 heavy (non-hydrogen) atoms. The molecule has 0 bridgehead atoms. The lowest BCUT2D eigenvalue weighted by Crippen LogP contribution is -2.32. The number of hydrogen-bond donors (Lipinski definition) is 1. The Hall–Kier alpha value is -4.50. The number of fused-ring (bicyclic) bond motifs is 2. The summed E-state index contributed by atoms with van der Waals surface area (Å²) in [6.07, 6.45) is 1.69. The molecule has 0 aliphatic carbocycles. The number of aryl methyl sites for hydroxylation is 1. The molecule has 3 aromatic carbocycles. The molecule has 5 aromatic rings. The fourth-order valence-electron chi connectivity index (χ4n) is 5.33. The number of tetrazole rings is 1. The van der Waals surface area contributed by atoms with Crippen molar-refractivity contribution in [2.24, 2.45) is 0 Å². The minimum atomic E-state index is -0.138. The number of nitrogens with one attached hydrogen (secondary N) is 1. The van der Waals surface area contributed by atoms with E-state index in [0.717, 1.165) is 52.2 Å². The normalized spacial score (nSPS) is 13.3. The molecule has 1 aliphatic rings. The van der Waals surface area contributed by atoms with Crippen LogP contribution in [0.4, 0.5) is 0 Å². The van der Waals surface area contributed by atoms with Crippen molar-refractivity contribution in [1.29, 1.82) is 0 Å². The Kier molecular flexibility index (Phi) is 7.29. The Morgan fingerprint density at radius 1 is 0.925 bits per heavy atom. The van der Waals surface area contributed by atoms with Crippen molar-refractivity contribution in [3.8, 4) is 11.5 Å². The lowest BCUT2D eigenvalue weighted by atomic mass is 10.1. The Balaban J connectivity index is 1.38. The van der Waals surface area contributed by atoms with Crippen LogP contribution in [0.5, 0.6) is 11.5 Å². The van der Waals surface area contributed by atoms with E-state index in [4.69, 9.17) is 9.47 Å². The van der Waals surface area contributed by atoms with E-state index in [1.165, 1.54) is 5.56 Å². The third-order valence-electron chi connectivity index (χ3n) is 7.45. The maximum absolute atomic E-state index is 13.3. The van der Waals surface area contributed by atoms with Crippen LogP contribution >= 0.6 is 0 Å². The van der Waals surface area contributed by atoms with Gasteiger partial charge in [-0.25, -0.2) is 4.68 Å². The van der Waals surface area contributed by atoms with Crippen molar-refractivity contribution >= 4 is 10.9 Å². The number of aromatic nitrogens is 5. The van der Waals surface area contributed by atoms with Gasteiger partial charge in [-0.15, -0.1) is 5.10 Å². The highest BCUT2D eigenvalue weighted by molar-refractivity contribution is 5.79. The molecular formula is C31H32N6O3. The summed E-state index contributed by atoms with van der Waals surface area (Å²) >= 11 is 0. The molecular weight excluding hydrogens is 504 g/mol. The average molecular weight is 537 g/mol. The predicted molar refractivity (Wildman–Crippen MR) is 152 cm³/mol. The van der Waals surface area contributed by atoms with E-state index in [9.17, 15) is 4.79 Å². The van der Waals surface area contributed by atoms with Gasteiger partial charge in [0.2, 0.25) is 6.79 Å². The molecule has 0 saturated carbocycles. The Morgan fingerprint density at radius 3 is 2.58 bits per heavy atom. The molecule has 2 aromatic heterocycles. The van der Waals surface area contributed by atoms with Crippen molar-refractivity contribution in [2.45, 2.75) is 52.4 Å². The zero-order chi connectivity index (χ0) is 27.5. The van der Waals surface area contributed by atoms with Crippen LogP contribution in [-0.4, -0.2) is 36.9 Å². The minimum absolute atomic E-state index is 0.0915. The molecule has 9 heteroatoms. The van der Waals surface area contributed by atoms with Gasteiger partial charge in [0.15, 0.2) is 17.3 Å². The third-order valence-corrected chi connectivity index (χ3v) is 7.45. The van der Waals surface area contributed by atoms with Crippen LogP contribution < -0.4 is 15.0 Å². The summed E-state index contributed by atoms with van der Waals surface area (Å²) in [6.45, 7) is 6.03. The zero-order valence-electron chi connectivity index (χ0n) is 22.7. The molecule has 6 rings (SSSR count). The topological polar surface area (TPSA) is 98.2 Å². The molecule has 1 atom stereocenters. The van der Waals surface area contributed by atoms with Crippen LogP contribution in [0.2, 0.25) is 0 Å². The SMILES string of the molecule is CCc1ccc2[nH]c(=O)c(CN(Cc3ccc4c(c3)OCO4)C(CC)c3nnnn3Cc3ccccc3)cc2c1. The van der Waals surface area contributed by atoms with Gasteiger partial charge >= 0.3 is 0 Å². The molecule has 0 radical (unpaired) electrons. The van der Waals surface area contributed by atoms with E-state index in [1.807, 2.05) is 53.2 Å². The Bertz CT molecular complexity index is 1680. The number of hydrogen-bond acceptors (Lipinski definition) is 7. The van der Waals surface area contributed by atoms with Gasteiger partial charge < -0.3 is 14.5 Å². The summed E-state index contributed by atoms with van der Waals surface area (Å²) < 4.78 is 13.0. The second kappa shape index (κ2) is 11.3. The monoisotopic (exact) mass is 536 g/mol. The number of benzene rings is 3. The first-order valence-electron chi connectivity index (χ1n) is 13.7. The highest BCUT2D eigenvalue weighted by atomic mass is 16.7. The summed E-state index contributed by atoms with van der Waals surface area (Å²) in [7, 11) is 0. The number of aromatic amines is 1. The fraction of sp³-hybridized carbons (Fsp3) is 0.290. The molecule has 0 spiro atoms. The van der Waals surface area contributed by atoms with Crippen molar-refractivity contribution in [2.75, 3.05) is 6.79 Å². The molecule has 3 heterocycles. The first kappa shape index (κ1) is 25.8. The lowest BCUT2D eigenvalue weighted by Gasteiger charge is -2.30. The first-order valence-corrected chi connectivity index (χ1v) is 13.7. The molecule has 1 unspecified atom stereocenters. The van der Waals surface area contributed by atoms with Gasteiger partial charge in [0.25, 0.3) is 5.56 Å². The maximum atomic E-state index is 13.3. The van der Waals surface area contributed by atoms with Crippen molar-refractivity contribution < 1.29 is 9.47 Å². The minimum Gasteiger partial charge on any atom is -0.454 e. The summed E-state index contributed by atoms with van der Waals surface area (Å²) in [5.74, 6) is 2.24. The van der Waals surface area contributed by atoms with Crippen molar-refractivity contribution in [1.82, 2.24) is 30.1 Å². The van der Waals surface area contributed by atoms with Crippen LogP contribution in [0.3, 0.4) is 0 Å². The van der Waals surface area contributed by atoms with Gasteiger partial charge in [0.1, 0.15) is 0 Å². The summed E-state index contributed by atoms with van der Waals surface area (Å²) in [6, 6.07) is 24.2. The largest absolute Gasteiger partial charge is 0.454 e. The van der Waals surface area contributed by atoms with E-state index in [2.05, 4.69) is 63.5 Å². The first-order chi connectivity index (χ1) is 19.6. The van der Waals surface area contributed by atoms with Crippen molar-refractivity contribution in [3.05, 3.63) is 111 Å². The highest BCUT2D eigenvalue weighted by Gasteiger charge is 2.27. The molecule has 1 N–H and O–H groups in total. The predicted octanol–water partition coefficient (Wildman–Crippen LogP) is 5.01. The van der Waals surface area contributed by atoms with E-state index < -0.39 is 0 Å². The standard InChI is InChI=1S/C31H32N6O3/c1-3-21-10-12-26-24(14-21)16-25(31(38)32-26)19-36(17-23-11-13-28-29(15-23)40-20-39-28)27(4-2)30-33-34-35-37(30)18-22-8-6-5-7-9-22/h5-16,27H,3-4,17-20H2,1-2H3,(H,32,38). The van der Waals surface area contributed by atoms with Gasteiger partial charge in [0, 0.05) is 24.2 Å². The van der Waals surface area contributed by atoms with E-state index in [-0.39, 0.29) is 18.4 Å². The molecule has 9 nitrogen and oxygen atoms in total. The molecule has 0 amide bonds. The fourth-order valence-corrected chi connectivity index (χ4v) is 5.33. The van der Waals surface area contributed by atoms with Gasteiger partial charge in [0.05, 0.1) is 12.6 Å². The molecule has 1 aliphatic heterocycles. The van der Waals surface area contributed by atoms with E-state index in [1.54, 1.807) is 0 Å². The third kappa shape index (κ3) is 5.33. The maximum Gasteiger partial charge on any atom is 0.252 e. The Morgan fingerprint density at radius 2 is 1.75 bits per heavy atom. The van der Waals surface area contributed by atoms with Crippen LogP contribution in [0.15, 0.2) is 77.6 Å². The van der Waals surface area contributed by atoms with Gasteiger partial charge in [-0.3, -0.25) is 9.69 Å². The van der Waals surface area contributed by atoms with E-state index in [0.29, 0.717) is 25.2 Å². The molecule has 0 fully saturated rings. The second-order valence-electron chi connectivity index (χ2n) is 10.1. The van der Waals surface area contributed by atoms with Gasteiger partial charge in [-0.1, -0.05) is 56.3 Å². The summed E-state index contributed by atoms with van der Waals surface area (Å²) in [4.78, 5) is 18.6. The number of H-pyrrole nitrogens is 1. The van der Waals surface area contributed by atoms with Crippen LogP contribution in [-0.2, 0) is 26.1 Å². The van der Waals surface area contributed by atoms with E-state index >= 15 is 0 Å². The number of rotatable bonds is 10. The van der Waals surface area contributed by atoms with Crippen LogP contribution in [0.1, 0.15) is 54.4 Å². The van der Waals surface area contributed by atoms with Gasteiger partial charge in [-0.05, 0) is 75.7 Å². The number of ether oxygens (including phenoxy) is 2.